The van der Waals surface area contributed by atoms with E-state index < -0.39 is 0 Å². The van der Waals surface area contributed by atoms with E-state index in [4.69, 9.17) is 9.97 Å². The lowest BCUT2D eigenvalue weighted by Crippen LogP contribution is -2.22. The third-order valence-electron chi connectivity index (χ3n) is 4.56. The number of nitrogens with one attached hydrogen (secondary N) is 1. The molecule has 1 N–H and O–H groups in total. The molecule has 0 spiro atoms. The van der Waals surface area contributed by atoms with Crippen molar-refractivity contribution in [3.63, 3.8) is 0 Å². The third-order valence-corrected chi connectivity index (χ3v) is 4.56. The molecule has 2 rings (SSSR count). The first-order valence-electron chi connectivity index (χ1n) is 7.90. The Hall–Kier alpha value is -0.960. The van der Waals surface area contributed by atoms with Crippen LogP contribution in [0.2, 0.25) is 0 Å². The van der Waals surface area contributed by atoms with Crippen LogP contribution in [0.3, 0.4) is 0 Å². The lowest BCUT2D eigenvalue weighted by molar-refractivity contribution is 0.516. The normalized spacial score (nSPS) is 21.8. The van der Waals surface area contributed by atoms with Crippen molar-refractivity contribution in [3.8, 4) is 0 Å². The predicted molar refractivity (Wildman–Crippen MR) is 84.1 cm³/mol. The summed E-state index contributed by atoms with van der Waals surface area (Å²) in [4.78, 5) is 9.59. The van der Waals surface area contributed by atoms with Gasteiger partial charge in [-0.2, -0.15) is 0 Å². The smallest absolute Gasteiger partial charge is 0.132 e. The average molecular weight is 275 g/mol. The van der Waals surface area contributed by atoms with Crippen LogP contribution in [-0.4, -0.2) is 23.1 Å². The van der Waals surface area contributed by atoms with Crippen LogP contribution in [0.25, 0.3) is 0 Å². The van der Waals surface area contributed by atoms with Gasteiger partial charge in [0.1, 0.15) is 5.82 Å². The topological polar surface area (TPSA) is 37.8 Å². The summed E-state index contributed by atoms with van der Waals surface area (Å²) in [7, 11) is 0. The second-order valence-electron chi connectivity index (χ2n) is 7.09. The summed E-state index contributed by atoms with van der Waals surface area (Å²) in [5.74, 6) is 2.25. The lowest BCUT2D eigenvalue weighted by Gasteiger charge is -2.16. The summed E-state index contributed by atoms with van der Waals surface area (Å²) in [6.07, 6.45) is 2.29. The number of nitrogens with zero attached hydrogens (tertiary/aromatic N) is 2. The summed E-state index contributed by atoms with van der Waals surface area (Å²) >= 11 is 0. The van der Waals surface area contributed by atoms with Gasteiger partial charge in [0.15, 0.2) is 0 Å². The molecule has 2 unspecified atom stereocenters. The Morgan fingerprint density at radius 3 is 2.25 bits per heavy atom. The number of aromatic nitrogens is 2. The lowest BCUT2D eigenvalue weighted by atomic mass is 9.98. The first kappa shape index (κ1) is 15.4. The maximum atomic E-state index is 4.79. The van der Waals surface area contributed by atoms with E-state index in [0.717, 1.165) is 25.3 Å². The summed E-state index contributed by atoms with van der Waals surface area (Å²) in [6.45, 7) is 15.4. The first-order chi connectivity index (χ1) is 9.35. The minimum absolute atomic E-state index is 0.402. The van der Waals surface area contributed by atoms with Crippen LogP contribution in [-0.2, 0) is 6.42 Å². The Morgan fingerprint density at radius 2 is 1.80 bits per heavy atom. The van der Waals surface area contributed by atoms with Crippen molar-refractivity contribution in [2.45, 2.75) is 60.3 Å². The van der Waals surface area contributed by atoms with Gasteiger partial charge in [-0.25, -0.2) is 9.97 Å². The van der Waals surface area contributed by atoms with Crippen molar-refractivity contribution < 1.29 is 0 Å². The molecule has 2 atom stereocenters. The Kier molecular flexibility index (Phi) is 4.48. The van der Waals surface area contributed by atoms with E-state index >= 15 is 0 Å². The van der Waals surface area contributed by atoms with Crippen LogP contribution in [0.1, 0.15) is 62.8 Å². The highest BCUT2D eigenvalue weighted by Crippen LogP contribution is 2.57. The van der Waals surface area contributed by atoms with Gasteiger partial charge in [-0.3, -0.25) is 0 Å². The van der Waals surface area contributed by atoms with Gasteiger partial charge < -0.3 is 5.32 Å². The molecule has 1 aromatic rings. The van der Waals surface area contributed by atoms with Gasteiger partial charge in [-0.1, -0.05) is 27.7 Å². The van der Waals surface area contributed by atoms with Gasteiger partial charge in [0, 0.05) is 17.3 Å². The zero-order valence-corrected chi connectivity index (χ0v) is 13.9. The predicted octanol–water partition coefficient (Wildman–Crippen LogP) is 3.40. The van der Waals surface area contributed by atoms with Crippen LogP contribution in [0.4, 0.5) is 0 Å². The minimum Gasteiger partial charge on any atom is -0.317 e. The zero-order valence-electron chi connectivity index (χ0n) is 13.9. The molecule has 0 amide bonds. The van der Waals surface area contributed by atoms with Crippen molar-refractivity contribution in [2.24, 2.45) is 11.3 Å². The van der Waals surface area contributed by atoms with Gasteiger partial charge in [-0.05, 0) is 56.7 Å². The maximum Gasteiger partial charge on any atom is 0.132 e. The molecule has 112 valence electrons. The molecule has 1 aliphatic carbocycles. The number of rotatable bonds is 6. The fraction of sp³-hybridized carbons (Fsp3) is 0.765. The van der Waals surface area contributed by atoms with Crippen LogP contribution >= 0.6 is 0 Å². The molecular weight excluding hydrogens is 246 g/mol. The molecule has 3 nitrogen and oxygen atoms in total. The molecule has 0 bridgehead atoms. The molecular formula is C17H29N3. The Labute approximate surface area is 123 Å². The molecule has 0 aromatic carbocycles. The Bertz CT molecular complexity index is 456. The maximum absolute atomic E-state index is 4.79. The standard InChI is InChI=1S/C17H29N3/c1-7-18-10-11(2)8-14-12(3)19-16(20-13(14)4)15-9-17(15,5)6/h11,15,18H,7-10H2,1-6H3. The molecule has 1 aliphatic rings. The number of hydrogen-bond donors (Lipinski definition) is 1. The van der Waals surface area contributed by atoms with Crippen LogP contribution in [0.15, 0.2) is 0 Å². The SMILES string of the molecule is CCNCC(C)Cc1c(C)nc(C2CC2(C)C)nc1C. The molecule has 0 aliphatic heterocycles. The van der Waals surface area contributed by atoms with Gasteiger partial charge >= 0.3 is 0 Å². The average Bonchev–Trinajstić information content (AvgIpc) is 3.00. The Balaban J connectivity index is 2.11. The van der Waals surface area contributed by atoms with E-state index in [2.05, 4.69) is 46.9 Å². The highest BCUT2D eigenvalue weighted by molar-refractivity contribution is 5.28. The van der Waals surface area contributed by atoms with Crippen LogP contribution in [0, 0.1) is 25.2 Å². The minimum atomic E-state index is 0.402. The summed E-state index contributed by atoms with van der Waals surface area (Å²) in [6, 6.07) is 0. The van der Waals surface area contributed by atoms with Crippen LogP contribution < -0.4 is 5.32 Å². The van der Waals surface area contributed by atoms with E-state index in [1.54, 1.807) is 0 Å². The fourth-order valence-electron chi connectivity index (χ4n) is 2.94. The van der Waals surface area contributed by atoms with Gasteiger partial charge in [0.2, 0.25) is 0 Å². The number of aryl methyl sites for hydroxylation is 2. The largest absolute Gasteiger partial charge is 0.317 e. The zero-order chi connectivity index (χ0) is 14.9. The van der Waals surface area contributed by atoms with E-state index in [1.807, 2.05) is 0 Å². The van der Waals surface area contributed by atoms with Crippen LogP contribution in [0.5, 0.6) is 0 Å². The molecule has 1 fully saturated rings. The van der Waals surface area contributed by atoms with Crippen molar-refractivity contribution in [1.82, 2.24) is 15.3 Å². The van der Waals surface area contributed by atoms with Crippen molar-refractivity contribution >= 4 is 0 Å². The molecule has 1 aromatic heterocycles. The summed E-state index contributed by atoms with van der Waals surface area (Å²) < 4.78 is 0. The quantitative estimate of drug-likeness (QED) is 0.864. The highest BCUT2D eigenvalue weighted by Gasteiger charge is 2.48. The van der Waals surface area contributed by atoms with E-state index in [-0.39, 0.29) is 0 Å². The van der Waals surface area contributed by atoms with Gasteiger partial charge in [0.05, 0.1) is 0 Å². The molecule has 0 saturated heterocycles. The first-order valence-corrected chi connectivity index (χ1v) is 7.90. The second-order valence-corrected chi connectivity index (χ2v) is 7.09. The molecule has 20 heavy (non-hydrogen) atoms. The summed E-state index contributed by atoms with van der Waals surface area (Å²) in [5, 5.41) is 3.42. The molecule has 0 radical (unpaired) electrons. The van der Waals surface area contributed by atoms with Crippen molar-refractivity contribution in [1.29, 1.82) is 0 Å². The molecule has 3 heteroatoms. The molecule has 1 heterocycles. The molecule has 1 saturated carbocycles. The highest BCUT2D eigenvalue weighted by atomic mass is 14.9. The fourth-order valence-corrected chi connectivity index (χ4v) is 2.94. The summed E-state index contributed by atoms with van der Waals surface area (Å²) in [5.41, 5.74) is 4.10. The monoisotopic (exact) mass is 275 g/mol. The van der Waals surface area contributed by atoms with Crippen molar-refractivity contribution in [2.75, 3.05) is 13.1 Å². The Morgan fingerprint density at radius 1 is 1.25 bits per heavy atom. The van der Waals surface area contributed by atoms with E-state index in [0.29, 0.717) is 17.3 Å². The second kappa shape index (κ2) is 5.80. The van der Waals surface area contributed by atoms with Gasteiger partial charge in [0.25, 0.3) is 0 Å². The van der Waals surface area contributed by atoms with Gasteiger partial charge in [-0.15, -0.1) is 0 Å². The van der Waals surface area contributed by atoms with E-state index in [9.17, 15) is 0 Å². The third kappa shape index (κ3) is 3.38. The van der Waals surface area contributed by atoms with E-state index in [1.165, 1.54) is 23.4 Å². The van der Waals surface area contributed by atoms with Crippen molar-refractivity contribution in [3.05, 3.63) is 22.8 Å². The number of hydrogen-bond acceptors (Lipinski definition) is 3.